The van der Waals surface area contributed by atoms with Crippen LogP contribution < -0.4 is 11.2 Å². The molecule has 0 spiro atoms. The fraction of sp³-hybridized carbons (Fsp3) is 0.650. The first kappa shape index (κ1) is 20.8. The van der Waals surface area contributed by atoms with Gasteiger partial charge < -0.3 is 9.64 Å². The molecule has 0 saturated heterocycles. The normalized spacial score (nSPS) is 16.5. The van der Waals surface area contributed by atoms with Crippen molar-refractivity contribution in [2.75, 3.05) is 27.2 Å². The summed E-state index contributed by atoms with van der Waals surface area (Å²) in [6.45, 7) is 5.14. The van der Waals surface area contributed by atoms with Gasteiger partial charge in [-0.05, 0) is 64.7 Å². The average Bonchev–Trinajstić information content (AvgIpc) is 3.00. The Morgan fingerprint density at radius 3 is 2.71 bits per heavy atom. The molecule has 0 aromatic carbocycles. The van der Waals surface area contributed by atoms with Gasteiger partial charge in [0, 0.05) is 11.4 Å². The monoisotopic (exact) mass is 407 g/mol. The molecule has 0 radical (unpaired) electrons. The Labute approximate surface area is 168 Å². The predicted octanol–water partition coefficient (Wildman–Crippen LogP) is 1.86. The number of aryl methyl sites for hydroxylation is 2. The van der Waals surface area contributed by atoms with Gasteiger partial charge >= 0.3 is 11.7 Å². The Balaban J connectivity index is 2.16. The zero-order valence-electron chi connectivity index (χ0n) is 17.1. The van der Waals surface area contributed by atoms with Crippen molar-refractivity contribution in [3.8, 4) is 0 Å². The van der Waals surface area contributed by atoms with Crippen LogP contribution in [0.15, 0.2) is 9.59 Å². The van der Waals surface area contributed by atoms with Gasteiger partial charge in [0.15, 0.2) is 0 Å². The minimum absolute atomic E-state index is 0.220. The van der Waals surface area contributed by atoms with Crippen LogP contribution in [0, 0.1) is 5.92 Å². The summed E-state index contributed by atoms with van der Waals surface area (Å²) in [5.74, 6) is -0.0457. The Hall–Kier alpha value is -1.93. The van der Waals surface area contributed by atoms with Crippen molar-refractivity contribution in [2.24, 2.45) is 5.92 Å². The Kier molecular flexibility index (Phi) is 6.40. The lowest BCUT2D eigenvalue weighted by Gasteiger charge is -2.18. The summed E-state index contributed by atoms with van der Waals surface area (Å²) in [6.07, 6.45) is 3.68. The zero-order valence-corrected chi connectivity index (χ0v) is 17.9. The molecule has 0 aliphatic heterocycles. The van der Waals surface area contributed by atoms with Crippen LogP contribution in [0.4, 0.5) is 0 Å². The fourth-order valence-electron chi connectivity index (χ4n) is 3.83. The summed E-state index contributed by atoms with van der Waals surface area (Å²) in [5.41, 5.74) is 0.294. The van der Waals surface area contributed by atoms with E-state index in [1.54, 1.807) is 22.8 Å². The molecule has 0 amide bonds. The van der Waals surface area contributed by atoms with Gasteiger partial charge in [-0.1, -0.05) is 6.92 Å². The molecule has 2 aromatic rings. The maximum atomic E-state index is 13.2. The van der Waals surface area contributed by atoms with E-state index in [2.05, 4.69) is 11.8 Å². The number of ether oxygens (including phenoxy) is 1. The summed E-state index contributed by atoms with van der Waals surface area (Å²) in [6, 6.07) is 0. The van der Waals surface area contributed by atoms with Gasteiger partial charge in [-0.2, -0.15) is 0 Å². The second-order valence-corrected chi connectivity index (χ2v) is 8.90. The summed E-state index contributed by atoms with van der Waals surface area (Å²) in [4.78, 5) is 42.4. The molecule has 7 nitrogen and oxygen atoms in total. The van der Waals surface area contributed by atoms with Gasteiger partial charge in [0.1, 0.15) is 11.4 Å². The van der Waals surface area contributed by atoms with E-state index in [4.69, 9.17) is 4.74 Å². The number of thiophene rings is 1. The maximum Gasteiger partial charge on any atom is 0.332 e. The van der Waals surface area contributed by atoms with Crippen molar-refractivity contribution in [3.05, 3.63) is 31.3 Å². The van der Waals surface area contributed by atoms with E-state index >= 15 is 0 Å². The van der Waals surface area contributed by atoms with Crippen molar-refractivity contribution < 1.29 is 9.53 Å². The lowest BCUT2D eigenvalue weighted by molar-refractivity contribution is -0.143. The molecule has 0 unspecified atom stereocenters. The quantitative estimate of drug-likeness (QED) is 0.655. The van der Waals surface area contributed by atoms with Crippen molar-refractivity contribution in [3.63, 3.8) is 0 Å². The van der Waals surface area contributed by atoms with E-state index in [9.17, 15) is 14.4 Å². The second kappa shape index (κ2) is 8.61. The maximum absolute atomic E-state index is 13.2. The van der Waals surface area contributed by atoms with Gasteiger partial charge in [0.25, 0.3) is 5.56 Å². The molecular weight excluding hydrogens is 378 g/mol. The third-order valence-electron chi connectivity index (χ3n) is 5.23. The highest BCUT2D eigenvalue weighted by atomic mass is 32.1. The smallest absolute Gasteiger partial charge is 0.332 e. The number of carbonyl (C=O) groups excluding carboxylic acids is 1. The highest BCUT2D eigenvalue weighted by Gasteiger charge is 2.26. The van der Waals surface area contributed by atoms with E-state index < -0.39 is 11.7 Å². The number of nitrogens with zero attached hydrogens (tertiary/aromatic N) is 3. The lowest BCUT2D eigenvalue weighted by atomic mass is 9.89. The Morgan fingerprint density at radius 1 is 1.29 bits per heavy atom. The molecule has 8 heteroatoms. The highest BCUT2D eigenvalue weighted by Crippen LogP contribution is 2.36. The number of rotatable bonds is 7. The molecule has 0 N–H and O–H groups in total. The van der Waals surface area contributed by atoms with Crippen LogP contribution in [0.25, 0.3) is 10.2 Å². The average molecular weight is 408 g/mol. The summed E-state index contributed by atoms with van der Waals surface area (Å²) >= 11 is 1.57. The van der Waals surface area contributed by atoms with Crippen molar-refractivity contribution in [1.82, 2.24) is 14.0 Å². The molecule has 28 heavy (non-hydrogen) atoms. The van der Waals surface area contributed by atoms with Crippen molar-refractivity contribution in [2.45, 2.75) is 52.6 Å². The number of hydrogen-bond acceptors (Lipinski definition) is 6. The molecule has 0 fully saturated rings. The van der Waals surface area contributed by atoms with Crippen LogP contribution in [0.5, 0.6) is 0 Å². The number of aromatic nitrogens is 2. The lowest BCUT2D eigenvalue weighted by Crippen LogP contribution is -2.42. The molecule has 154 valence electrons. The highest BCUT2D eigenvalue weighted by molar-refractivity contribution is 7.18. The molecule has 1 atom stereocenters. The van der Waals surface area contributed by atoms with E-state index in [1.807, 2.05) is 14.1 Å². The van der Waals surface area contributed by atoms with Crippen molar-refractivity contribution >= 4 is 27.5 Å². The first-order valence-corrected chi connectivity index (χ1v) is 10.7. The fourth-order valence-corrected chi connectivity index (χ4v) is 5.18. The van der Waals surface area contributed by atoms with Crippen LogP contribution in [-0.4, -0.2) is 47.3 Å². The van der Waals surface area contributed by atoms with Gasteiger partial charge in [-0.15, -0.1) is 11.3 Å². The van der Waals surface area contributed by atoms with Crippen LogP contribution >= 0.6 is 11.3 Å². The number of esters is 1. The molecule has 2 heterocycles. The molecule has 0 saturated carbocycles. The predicted molar refractivity (Wildman–Crippen MR) is 111 cm³/mol. The molecule has 1 aliphatic rings. The first-order valence-electron chi connectivity index (χ1n) is 9.91. The summed E-state index contributed by atoms with van der Waals surface area (Å²) in [7, 11) is 3.98. The van der Waals surface area contributed by atoms with Gasteiger partial charge in [-0.25, -0.2) is 9.36 Å². The van der Waals surface area contributed by atoms with Gasteiger partial charge in [0.2, 0.25) is 0 Å². The number of carbonyl (C=O) groups is 1. The molecular formula is C20H29N3O4S. The van der Waals surface area contributed by atoms with E-state index in [0.717, 1.165) is 47.2 Å². The SMILES string of the molecule is CCOC(=O)Cn1c(=O)c2c3c(sc2n(CCCN(C)C)c1=O)CC[C@@H](C)C3. The minimum atomic E-state index is -0.557. The molecule has 2 aromatic heterocycles. The molecule has 3 rings (SSSR count). The van der Waals surface area contributed by atoms with Crippen LogP contribution in [-0.2, 0) is 35.5 Å². The van der Waals surface area contributed by atoms with E-state index in [-0.39, 0.29) is 18.7 Å². The van der Waals surface area contributed by atoms with Crippen molar-refractivity contribution in [1.29, 1.82) is 0 Å². The largest absolute Gasteiger partial charge is 0.465 e. The summed E-state index contributed by atoms with van der Waals surface area (Å²) in [5, 5.41) is 0.625. The topological polar surface area (TPSA) is 73.5 Å². The second-order valence-electron chi connectivity index (χ2n) is 7.82. The third kappa shape index (κ3) is 4.07. The third-order valence-corrected chi connectivity index (χ3v) is 6.55. The number of fused-ring (bicyclic) bond motifs is 3. The van der Waals surface area contributed by atoms with Crippen LogP contribution in [0.3, 0.4) is 0 Å². The molecule has 0 bridgehead atoms. The first-order chi connectivity index (χ1) is 13.3. The van der Waals surface area contributed by atoms with Crippen LogP contribution in [0.2, 0.25) is 0 Å². The van der Waals surface area contributed by atoms with E-state index in [0.29, 0.717) is 17.8 Å². The minimum Gasteiger partial charge on any atom is -0.465 e. The van der Waals surface area contributed by atoms with E-state index in [1.165, 1.54) is 4.88 Å². The Bertz CT molecular complexity index is 986. The standard InChI is InChI=1S/C20H29N3O4S/c1-5-27-16(24)12-23-18(25)17-14-11-13(2)7-8-15(14)28-19(17)22(20(23)26)10-6-9-21(3)4/h13H,5-12H2,1-4H3/t13-/m1/s1. The summed E-state index contributed by atoms with van der Waals surface area (Å²) < 4.78 is 7.73. The zero-order chi connectivity index (χ0) is 20.4. The van der Waals surface area contributed by atoms with Gasteiger partial charge in [-0.3, -0.25) is 14.2 Å². The van der Waals surface area contributed by atoms with Crippen LogP contribution in [0.1, 0.15) is 37.1 Å². The number of hydrogen-bond donors (Lipinski definition) is 0. The molecule has 1 aliphatic carbocycles. The van der Waals surface area contributed by atoms with Gasteiger partial charge in [0.05, 0.1) is 12.0 Å². The Morgan fingerprint density at radius 2 is 2.04 bits per heavy atom.